The molecule has 2 aromatic heterocycles. The Bertz CT molecular complexity index is 1260. The van der Waals surface area contributed by atoms with Crippen LogP contribution in [0.2, 0.25) is 0 Å². The van der Waals surface area contributed by atoms with Crippen LogP contribution in [-0.4, -0.2) is 46.3 Å². The molecule has 1 aliphatic carbocycles. The number of benzene rings is 1. The topological polar surface area (TPSA) is 83.3 Å². The number of nitrogens with zero attached hydrogens (tertiary/aromatic N) is 3. The molecule has 38 heavy (non-hydrogen) atoms. The zero-order chi connectivity index (χ0) is 27.5. The second kappa shape index (κ2) is 11.2. The Kier molecular flexibility index (Phi) is 8.16. The Balaban J connectivity index is 1.50. The molecule has 0 radical (unpaired) electrons. The first kappa shape index (κ1) is 27.7. The average Bonchev–Trinajstić information content (AvgIpc) is 3.30. The standard InChI is InChI=1S/C31H39N3O4/c1-7-38-29(36)31(16-14-25(37-6)15-17-31)28-13-8-22(19-32-28)18-27(35)26-20-33-34(21(26)2)24-11-9-23(10-12-24)30(3,4)5/h8-13,19-20,25H,7,14-18H2,1-6H3. The summed E-state index contributed by atoms with van der Waals surface area (Å²) in [5.74, 6) is -0.250. The summed E-state index contributed by atoms with van der Waals surface area (Å²) in [6, 6.07) is 12.1. The minimum absolute atomic E-state index is 0.0182. The molecule has 4 rings (SSSR count). The fraction of sp³-hybridized carbons (Fsp3) is 0.484. The number of aromatic nitrogens is 3. The number of esters is 1. The number of hydrogen-bond donors (Lipinski definition) is 0. The smallest absolute Gasteiger partial charge is 0.318 e. The molecule has 0 bridgehead atoms. The molecule has 2 heterocycles. The molecule has 0 spiro atoms. The summed E-state index contributed by atoms with van der Waals surface area (Å²) in [5.41, 5.74) is 4.36. The van der Waals surface area contributed by atoms with Crippen LogP contribution in [0.3, 0.4) is 0 Å². The summed E-state index contributed by atoms with van der Waals surface area (Å²) < 4.78 is 12.8. The van der Waals surface area contributed by atoms with Crippen molar-refractivity contribution in [3.05, 3.63) is 76.9 Å². The van der Waals surface area contributed by atoms with Crippen LogP contribution in [0.25, 0.3) is 5.69 Å². The van der Waals surface area contributed by atoms with Gasteiger partial charge in [-0.3, -0.25) is 14.6 Å². The lowest BCUT2D eigenvalue weighted by molar-refractivity contribution is -0.153. The first-order chi connectivity index (χ1) is 18.1. The predicted octanol–water partition coefficient (Wildman–Crippen LogP) is 5.69. The summed E-state index contributed by atoms with van der Waals surface area (Å²) >= 11 is 0. The SMILES string of the molecule is CCOC(=O)C1(c2ccc(CC(=O)c3cnn(-c4ccc(C(C)(C)C)cc4)c3C)cn2)CCC(OC)CC1. The van der Waals surface area contributed by atoms with Gasteiger partial charge in [0.1, 0.15) is 5.41 Å². The van der Waals surface area contributed by atoms with Crippen LogP contribution in [0.4, 0.5) is 0 Å². The van der Waals surface area contributed by atoms with Crippen molar-refractivity contribution in [3.63, 3.8) is 0 Å². The van der Waals surface area contributed by atoms with Crippen molar-refractivity contribution in [2.24, 2.45) is 0 Å². The molecular formula is C31H39N3O4. The highest BCUT2D eigenvalue weighted by atomic mass is 16.5. The number of carbonyl (C=O) groups excluding carboxylic acids is 2. The van der Waals surface area contributed by atoms with Gasteiger partial charge < -0.3 is 9.47 Å². The monoisotopic (exact) mass is 517 g/mol. The average molecular weight is 518 g/mol. The van der Waals surface area contributed by atoms with E-state index in [1.165, 1.54) is 5.56 Å². The molecule has 7 heteroatoms. The van der Waals surface area contributed by atoms with E-state index in [9.17, 15) is 9.59 Å². The second-order valence-electron chi connectivity index (χ2n) is 11.2. The summed E-state index contributed by atoms with van der Waals surface area (Å²) in [5, 5.41) is 4.49. The first-order valence-corrected chi connectivity index (χ1v) is 13.4. The van der Waals surface area contributed by atoms with Crippen LogP contribution < -0.4 is 0 Å². The number of carbonyl (C=O) groups is 2. The van der Waals surface area contributed by atoms with E-state index in [0.29, 0.717) is 30.7 Å². The first-order valence-electron chi connectivity index (χ1n) is 13.4. The summed E-state index contributed by atoms with van der Waals surface area (Å²) in [6.07, 6.45) is 6.52. The third-order valence-electron chi connectivity index (χ3n) is 7.75. The van der Waals surface area contributed by atoms with Crippen molar-refractivity contribution in [2.45, 2.75) is 83.7 Å². The molecule has 0 unspecified atom stereocenters. The Morgan fingerprint density at radius 3 is 2.29 bits per heavy atom. The maximum absolute atomic E-state index is 13.2. The summed E-state index contributed by atoms with van der Waals surface area (Å²) in [6.45, 7) is 10.6. The van der Waals surface area contributed by atoms with Gasteiger partial charge in [0, 0.05) is 19.7 Å². The van der Waals surface area contributed by atoms with Crippen LogP contribution >= 0.6 is 0 Å². The van der Waals surface area contributed by atoms with Crippen molar-refractivity contribution in [2.75, 3.05) is 13.7 Å². The predicted molar refractivity (Wildman–Crippen MR) is 147 cm³/mol. The Morgan fingerprint density at radius 2 is 1.74 bits per heavy atom. The van der Waals surface area contributed by atoms with Gasteiger partial charge in [0.2, 0.25) is 0 Å². The number of ether oxygens (including phenoxy) is 2. The summed E-state index contributed by atoms with van der Waals surface area (Å²) in [7, 11) is 1.71. The summed E-state index contributed by atoms with van der Waals surface area (Å²) in [4.78, 5) is 30.9. The highest BCUT2D eigenvalue weighted by Crippen LogP contribution is 2.40. The van der Waals surface area contributed by atoms with E-state index in [-0.39, 0.29) is 29.7 Å². The van der Waals surface area contributed by atoms with E-state index < -0.39 is 5.41 Å². The van der Waals surface area contributed by atoms with E-state index in [0.717, 1.165) is 29.8 Å². The maximum Gasteiger partial charge on any atom is 0.318 e. The lowest BCUT2D eigenvalue weighted by atomic mass is 9.70. The fourth-order valence-electron chi connectivity index (χ4n) is 5.29. The van der Waals surface area contributed by atoms with Gasteiger partial charge in [0.25, 0.3) is 0 Å². The molecule has 202 valence electrons. The lowest BCUT2D eigenvalue weighted by Crippen LogP contribution is -2.43. The van der Waals surface area contributed by atoms with Crippen LogP contribution in [0, 0.1) is 6.92 Å². The van der Waals surface area contributed by atoms with Gasteiger partial charge in [0.05, 0.1) is 41.5 Å². The van der Waals surface area contributed by atoms with E-state index in [1.807, 2.05) is 38.1 Å². The molecule has 3 aromatic rings. The third kappa shape index (κ3) is 5.58. The van der Waals surface area contributed by atoms with Crippen molar-refractivity contribution in [1.29, 1.82) is 0 Å². The molecule has 0 aliphatic heterocycles. The third-order valence-corrected chi connectivity index (χ3v) is 7.75. The molecule has 7 nitrogen and oxygen atoms in total. The number of methoxy groups -OCH3 is 1. The number of rotatable bonds is 8. The zero-order valence-electron chi connectivity index (χ0n) is 23.4. The number of ketones is 1. The molecule has 1 aromatic carbocycles. The van der Waals surface area contributed by atoms with Gasteiger partial charge in [-0.1, -0.05) is 39.0 Å². The van der Waals surface area contributed by atoms with Crippen molar-refractivity contribution < 1.29 is 19.1 Å². The molecule has 1 aliphatic rings. The molecule has 0 saturated heterocycles. The zero-order valence-corrected chi connectivity index (χ0v) is 23.4. The normalized spacial score (nSPS) is 19.8. The molecule has 1 fully saturated rings. The van der Waals surface area contributed by atoms with Crippen molar-refractivity contribution in [3.8, 4) is 5.69 Å². The molecule has 0 N–H and O–H groups in total. The molecule has 1 saturated carbocycles. The number of hydrogen-bond acceptors (Lipinski definition) is 6. The maximum atomic E-state index is 13.2. The minimum atomic E-state index is -0.770. The van der Waals surface area contributed by atoms with Gasteiger partial charge in [0.15, 0.2) is 5.78 Å². The van der Waals surface area contributed by atoms with Crippen LogP contribution in [0.15, 0.2) is 48.8 Å². The van der Waals surface area contributed by atoms with Crippen molar-refractivity contribution in [1.82, 2.24) is 14.8 Å². The molecular weight excluding hydrogens is 478 g/mol. The quantitative estimate of drug-likeness (QED) is 0.282. The van der Waals surface area contributed by atoms with Crippen LogP contribution in [0.1, 0.15) is 86.3 Å². The number of pyridine rings is 1. The van der Waals surface area contributed by atoms with E-state index in [2.05, 4.69) is 43.0 Å². The largest absolute Gasteiger partial charge is 0.465 e. The van der Waals surface area contributed by atoms with E-state index in [4.69, 9.17) is 9.47 Å². The molecule has 0 atom stereocenters. The lowest BCUT2D eigenvalue weighted by Gasteiger charge is -2.37. The highest BCUT2D eigenvalue weighted by molar-refractivity contribution is 5.98. The minimum Gasteiger partial charge on any atom is -0.465 e. The van der Waals surface area contributed by atoms with Crippen molar-refractivity contribution >= 4 is 11.8 Å². The Hall–Kier alpha value is -3.32. The number of Topliss-reactive ketones (excluding diaryl/α,β-unsaturated/α-hetero) is 1. The van der Waals surface area contributed by atoms with E-state index >= 15 is 0 Å². The molecule has 0 amide bonds. The van der Waals surface area contributed by atoms with Crippen LogP contribution in [0.5, 0.6) is 0 Å². The van der Waals surface area contributed by atoms with Gasteiger partial charge in [-0.2, -0.15) is 5.10 Å². The van der Waals surface area contributed by atoms with Crippen LogP contribution in [-0.2, 0) is 31.5 Å². The van der Waals surface area contributed by atoms with E-state index in [1.54, 1.807) is 24.2 Å². The Morgan fingerprint density at radius 1 is 1.05 bits per heavy atom. The van der Waals surface area contributed by atoms with Gasteiger partial charge in [-0.05, 0) is 74.3 Å². The Labute approximate surface area is 225 Å². The second-order valence-corrected chi connectivity index (χ2v) is 11.2. The fourth-order valence-corrected chi connectivity index (χ4v) is 5.29. The van der Waals surface area contributed by atoms with Gasteiger partial charge >= 0.3 is 5.97 Å². The van der Waals surface area contributed by atoms with Gasteiger partial charge in [-0.25, -0.2) is 4.68 Å². The highest BCUT2D eigenvalue weighted by Gasteiger charge is 2.46. The van der Waals surface area contributed by atoms with Gasteiger partial charge in [-0.15, -0.1) is 0 Å².